The lowest BCUT2D eigenvalue weighted by molar-refractivity contribution is 0.483. The molecule has 2 heterocycles. The SMILES string of the molecule is Cc1ccc2c(c1)N(Cc1ccccc1)C(C)(C)c1ssc(=Nc3cccc(Cl)c3)c1-2. The molecular weight excluding hydrogens is 440 g/mol. The third-order valence-electron chi connectivity index (χ3n) is 5.81. The number of hydrogen-bond acceptors (Lipinski definition) is 4. The zero-order valence-corrected chi connectivity index (χ0v) is 20.1. The molecule has 1 aliphatic rings. The van der Waals surface area contributed by atoms with Gasteiger partial charge >= 0.3 is 0 Å². The standard InChI is InChI=1S/C26H23ClN2S2/c1-17-12-13-21-22(14-17)29(16-18-8-5-4-6-9-18)26(2,3)24-23(21)25(31-30-24)28-20-11-7-10-19(27)15-20/h4-15H,16H2,1-3H3. The third kappa shape index (κ3) is 3.73. The average Bonchev–Trinajstić information content (AvgIpc) is 3.16. The molecule has 31 heavy (non-hydrogen) atoms. The van der Waals surface area contributed by atoms with E-state index < -0.39 is 0 Å². The van der Waals surface area contributed by atoms with Gasteiger partial charge in [0.25, 0.3) is 0 Å². The van der Waals surface area contributed by atoms with E-state index in [0.29, 0.717) is 5.02 Å². The fourth-order valence-corrected chi connectivity index (χ4v) is 7.36. The zero-order valence-electron chi connectivity index (χ0n) is 17.7. The van der Waals surface area contributed by atoms with Gasteiger partial charge < -0.3 is 4.90 Å². The number of halogens is 1. The van der Waals surface area contributed by atoms with Crippen LogP contribution in [0.5, 0.6) is 0 Å². The Hall–Kier alpha value is -2.40. The lowest BCUT2D eigenvalue weighted by Gasteiger charge is -2.45. The first-order valence-corrected chi connectivity index (χ1v) is 12.8. The van der Waals surface area contributed by atoms with E-state index in [4.69, 9.17) is 16.6 Å². The Bertz CT molecular complexity index is 1320. The molecule has 1 aliphatic heterocycles. The Morgan fingerprint density at radius 1 is 0.935 bits per heavy atom. The van der Waals surface area contributed by atoms with E-state index in [2.05, 4.69) is 74.2 Å². The van der Waals surface area contributed by atoms with Crippen molar-refractivity contribution in [2.24, 2.45) is 4.99 Å². The van der Waals surface area contributed by atoms with Gasteiger partial charge in [0.2, 0.25) is 0 Å². The molecule has 0 atom stereocenters. The van der Waals surface area contributed by atoms with Crippen LogP contribution in [-0.4, -0.2) is 0 Å². The number of fused-ring (bicyclic) bond motifs is 3. The van der Waals surface area contributed by atoms with Crippen molar-refractivity contribution in [3.8, 4) is 11.1 Å². The lowest BCUT2D eigenvalue weighted by Crippen LogP contribution is -2.43. The van der Waals surface area contributed by atoms with Crippen LogP contribution in [0.2, 0.25) is 5.02 Å². The summed E-state index contributed by atoms with van der Waals surface area (Å²) in [5.74, 6) is 0. The highest BCUT2D eigenvalue weighted by Gasteiger charge is 2.39. The monoisotopic (exact) mass is 462 g/mol. The van der Waals surface area contributed by atoms with Crippen LogP contribution in [0.25, 0.3) is 11.1 Å². The molecule has 0 unspecified atom stereocenters. The predicted molar refractivity (Wildman–Crippen MR) is 135 cm³/mol. The average molecular weight is 463 g/mol. The summed E-state index contributed by atoms with van der Waals surface area (Å²) in [6, 6.07) is 25.3. The minimum atomic E-state index is -0.144. The zero-order chi connectivity index (χ0) is 21.6. The van der Waals surface area contributed by atoms with Crippen LogP contribution in [-0.2, 0) is 12.1 Å². The molecule has 1 aromatic heterocycles. The van der Waals surface area contributed by atoms with Gasteiger partial charge in [0.05, 0.1) is 16.1 Å². The highest BCUT2D eigenvalue weighted by molar-refractivity contribution is 7.68. The quantitative estimate of drug-likeness (QED) is 0.282. The molecule has 0 N–H and O–H groups in total. The molecule has 3 aromatic carbocycles. The highest BCUT2D eigenvalue weighted by atomic mass is 35.5. The molecule has 0 fully saturated rings. The van der Waals surface area contributed by atoms with Crippen molar-refractivity contribution < 1.29 is 0 Å². The van der Waals surface area contributed by atoms with Crippen molar-refractivity contribution in [3.05, 3.63) is 98.5 Å². The molecule has 4 aromatic rings. The van der Waals surface area contributed by atoms with Crippen molar-refractivity contribution in [1.29, 1.82) is 0 Å². The maximum absolute atomic E-state index is 6.21. The van der Waals surface area contributed by atoms with Gasteiger partial charge in [0.15, 0.2) is 0 Å². The molecule has 0 spiro atoms. The Balaban J connectivity index is 1.71. The van der Waals surface area contributed by atoms with Gasteiger partial charge in [-0.1, -0.05) is 80.8 Å². The fraction of sp³-hybridized carbons (Fsp3) is 0.192. The molecule has 0 bridgehead atoms. The normalized spacial score (nSPS) is 15.0. The summed E-state index contributed by atoms with van der Waals surface area (Å²) in [5, 5.41) is 0.709. The first-order chi connectivity index (χ1) is 14.9. The van der Waals surface area contributed by atoms with E-state index in [0.717, 1.165) is 16.9 Å². The Labute approximate surface area is 195 Å². The second-order valence-electron chi connectivity index (χ2n) is 8.42. The number of hydrogen-bond donors (Lipinski definition) is 0. The van der Waals surface area contributed by atoms with Crippen LogP contribution in [0.1, 0.15) is 29.9 Å². The van der Waals surface area contributed by atoms with Gasteiger partial charge in [-0.05, 0) is 56.2 Å². The van der Waals surface area contributed by atoms with E-state index in [1.54, 1.807) is 10.3 Å². The summed E-state index contributed by atoms with van der Waals surface area (Å²) in [6.07, 6.45) is 0. The summed E-state index contributed by atoms with van der Waals surface area (Å²) in [4.78, 5) is 8.90. The van der Waals surface area contributed by atoms with Crippen molar-refractivity contribution in [3.63, 3.8) is 0 Å². The number of nitrogens with zero attached hydrogens (tertiary/aromatic N) is 2. The van der Waals surface area contributed by atoms with E-state index in [1.165, 1.54) is 32.8 Å². The summed E-state index contributed by atoms with van der Waals surface area (Å²) >= 11 is 6.21. The highest BCUT2D eigenvalue weighted by Crippen LogP contribution is 2.50. The first kappa shape index (κ1) is 20.5. The second-order valence-corrected chi connectivity index (χ2v) is 11.0. The minimum Gasteiger partial charge on any atom is -0.357 e. The minimum absolute atomic E-state index is 0.144. The first-order valence-electron chi connectivity index (χ1n) is 10.3. The van der Waals surface area contributed by atoms with Crippen molar-refractivity contribution in [1.82, 2.24) is 0 Å². The van der Waals surface area contributed by atoms with Crippen LogP contribution in [0.4, 0.5) is 11.4 Å². The molecule has 156 valence electrons. The molecule has 5 rings (SSSR count). The molecule has 2 nitrogen and oxygen atoms in total. The van der Waals surface area contributed by atoms with Gasteiger partial charge in [0.1, 0.15) is 4.67 Å². The van der Waals surface area contributed by atoms with Crippen LogP contribution in [0, 0.1) is 6.92 Å². The smallest absolute Gasteiger partial charge is 0.135 e. The fourth-order valence-electron chi connectivity index (χ4n) is 4.19. The van der Waals surface area contributed by atoms with E-state index >= 15 is 0 Å². The Morgan fingerprint density at radius 3 is 2.52 bits per heavy atom. The van der Waals surface area contributed by atoms with E-state index in [-0.39, 0.29) is 5.54 Å². The van der Waals surface area contributed by atoms with Crippen LogP contribution >= 0.6 is 32.3 Å². The van der Waals surface area contributed by atoms with Gasteiger partial charge in [-0.2, -0.15) is 0 Å². The number of rotatable bonds is 3. The summed E-state index contributed by atoms with van der Waals surface area (Å²) in [7, 11) is 3.59. The second kappa shape index (κ2) is 7.94. The molecular formula is C26H23ClN2S2. The van der Waals surface area contributed by atoms with Crippen molar-refractivity contribution in [2.75, 3.05) is 4.90 Å². The molecule has 5 heteroatoms. The van der Waals surface area contributed by atoms with Gasteiger partial charge in [-0.3, -0.25) is 0 Å². The topological polar surface area (TPSA) is 15.6 Å². The molecule has 0 saturated carbocycles. The summed E-state index contributed by atoms with van der Waals surface area (Å²) in [6.45, 7) is 7.68. The molecule has 0 radical (unpaired) electrons. The number of aryl methyl sites for hydroxylation is 1. The lowest BCUT2D eigenvalue weighted by atomic mass is 9.86. The van der Waals surface area contributed by atoms with Crippen LogP contribution in [0.3, 0.4) is 0 Å². The third-order valence-corrected chi connectivity index (χ3v) is 8.68. The number of anilines is 1. The molecule has 0 aliphatic carbocycles. The molecule has 0 amide bonds. The maximum Gasteiger partial charge on any atom is 0.135 e. The van der Waals surface area contributed by atoms with Gasteiger partial charge in [-0.15, -0.1) is 0 Å². The van der Waals surface area contributed by atoms with E-state index in [9.17, 15) is 0 Å². The van der Waals surface area contributed by atoms with Gasteiger partial charge in [0, 0.05) is 28.4 Å². The van der Waals surface area contributed by atoms with E-state index in [1.807, 2.05) is 34.6 Å². The predicted octanol–water partition coefficient (Wildman–Crippen LogP) is 7.93. The van der Waals surface area contributed by atoms with Crippen molar-refractivity contribution >= 4 is 43.7 Å². The summed E-state index contributed by atoms with van der Waals surface area (Å²) in [5.41, 5.74) is 7.12. The van der Waals surface area contributed by atoms with Crippen molar-refractivity contribution in [2.45, 2.75) is 32.9 Å². The molecule has 0 saturated heterocycles. The van der Waals surface area contributed by atoms with Crippen LogP contribution < -0.4 is 9.57 Å². The maximum atomic E-state index is 6.21. The number of benzene rings is 3. The Morgan fingerprint density at radius 2 is 1.74 bits per heavy atom. The Kier molecular flexibility index (Phi) is 5.25. The largest absolute Gasteiger partial charge is 0.357 e. The summed E-state index contributed by atoms with van der Waals surface area (Å²) < 4.78 is 1.06. The van der Waals surface area contributed by atoms with Gasteiger partial charge in [-0.25, -0.2) is 4.99 Å². The van der Waals surface area contributed by atoms with Crippen LogP contribution in [0.15, 0.2) is 77.8 Å².